The highest BCUT2D eigenvalue weighted by Crippen LogP contribution is 2.48. The molecule has 0 bridgehead atoms. The Morgan fingerprint density at radius 3 is 1.93 bits per heavy atom. The fraction of sp³-hybridized carbons (Fsp3) is 0.300. The van der Waals surface area contributed by atoms with Crippen molar-refractivity contribution in [2.24, 2.45) is 5.92 Å². The minimum absolute atomic E-state index is 0.122. The number of alkyl halides is 3. The first-order valence-electron chi connectivity index (χ1n) is 8.46. The Kier molecular flexibility index (Phi) is 4.94. The lowest BCUT2D eigenvalue weighted by Crippen LogP contribution is -2.32. The monoisotopic (exact) mass is 412 g/mol. The largest absolute Gasteiger partial charge is 0.416 e. The molecule has 0 radical (unpaired) electrons. The average molecular weight is 412 g/mol. The standard InChI is InChI=1S/C20H19F3O4S/c1-12-18(14-3-7-15(8-4-14)20(21,22)23)17(11-19(12,24)25)13-5-9-16(10-6-13)28(2,26)27/h3-10,12,24-25H,11H2,1-2H3. The van der Waals surface area contributed by atoms with Crippen LogP contribution in [0.25, 0.3) is 11.1 Å². The van der Waals surface area contributed by atoms with Crippen LogP contribution < -0.4 is 0 Å². The molecule has 0 amide bonds. The summed E-state index contributed by atoms with van der Waals surface area (Å²) < 4.78 is 61.8. The molecule has 0 saturated heterocycles. The molecule has 28 heavy (non-hydrogen) atoms. The molecule has 2 aromatic carbocycles. The maximum atomic E-state index is 12.8. The van der Waals surface area contributed by atoms with Crippen LogP contribution in [-0.4, -0.2) is 30.7 Å². The van der Waals surface area contributed by atoms with E-state index in [1.54, 1.807) is 19.1 Å². The zero-order valence-electron chi connectivity index (χ0n) is 15.2. The Morgan fingerprint density at radius 1 is 0.964 bits per heavy atom. The third-order valence-corrected chi connectivity index (χ3v) is 6.17. The van der Waals surface area contributed by atoms with Crippen molar-refractivity contribution in [3.05, 3.63) is 65.2 Å². The smallest absolute Gasteiger partial charge is 0.365 e. The lowest BCUT2D eigenvalue weighted by Gasteiger charge is -2.23. The molecule has 1 unspecified atom stereocenters. The Morgan fingerprint density at radius 2 is 1.46 bits per heavy atom. The van der Waals surface area contributed by atoms with Gasteiger partial charge in [-0.3, -0.25) is 0 Å². The van der Waals surface area contributed by atoms with Crippen molar-refractivity contribution in [2.75, 3.05) is 6.26 Å². The minimum atomic E-state index is -4.46. The zero-order chi connectivity index (χ0) is 20.9. The summed E-state index contributed by atoms with van der Waals surface area (Å²) in [5, 5.41) is 20.7. The molecular formula is C20H19F3O4S. The van der Waals surface area contributed by atoms with Gasteiger partial charge >= 0.3 is 6.18 Å². The van der Waals surface area contributed by atoms with E-state index in [4.69, 9.17) is 0 Å². The van der Waals surface area contributed by atoms with Crippen molar-refractivity contribution < 1.29 is 31.8 Å². The molecule has 150 valence electrons. The lowest BCUT2D eigenvalue weighted by atomic mass is 9.91. The van der Waals surface area contributed by atoms with Gasteiger partial charge in [-0.15, -0.1) is 0 Å². The summed E-state index contributed by atoms with van der Waals surface area (Å²) in [5.41, 5.74) is 1.32. The van der Waals surface area contributed by atoms with Crippen molar-refractivity contribution in [1.29, 1.82) is 0 Å². The van der Waals surface area contributed by atoms with E-state index in [0.29, 0.717) is 22.3 Å². The van der Waals surface area contributed by atoms with Gasteiger partial charge in [-0.2, -0.15) is 13.2 Å². The molecule has 2 aromatic rings. The van der Waals surface area contributed by atoms with E-state index >= 15 is 0 Å². The number of aliphatic hydroxyl groups is 2. The molecule has 0 heterocycles. The summed E-state index contributed by atoms with van der Waals surface area (Å²) in [6, 6.07) is 10.5. The Hall–Kier alpha value is -2.16. The number of hydrogen-bond donors (Lipinski definition) is 2. The van der Waals surface area contributed by atoms with Crippen molar-refractivity contribution in [3.63, 3.8) is 0 Å². The van der Waals surface area contributed by atoms with E-state index in [-0.39, 0.29) is 11.3 Å². The maximum absolute atomic E-state index is 12.8. The van der Waals surface area contributed by atoms with Gasteiger partial charge in [0, 0.05) is 18.6 Å². The topological polar surface area (TPSA) is 74.6 Å². The molecule has 1 atom stereocenters. The summed E-state index contributed by atoms with van der Waals surface area (Å²) >= 11 is 0. The Balaban J connectivity index is 2.10. The molecule has 4 nitrogen and oxygen atoms in total. The molecule has 1 aliphatic rings. The molecule has 0 aliphatic heterocycles. The van der Waals surface area contributed by atoms with Crippen LogP contribution in [0.4, 0.5) is 13.2 Å². The van der Waals surface area contributed by atoms with Crippen LogP contribution >= 0.6 is 0 Å². The number of rotatable bonds is 3. The predicted octanol–water partition coefficient (Wildman–Crippen LogP) is 3.74. The summed E-state index contributed by atoms with van der Waals surface area (Å²) in [6.45, 7) is 1.59. The number of sulfone groups is 1. The highest BCUT2D eigenvalue weighted by molar-refractivity contribution is 7.90. The summed E-state index contributed by atoms with van der Waals surface area (Å²) in [7, 11) is -3.38. The van der Waals surface area contributed by atoms with Crippen LogP contribution in [0.3, 0.4) is 0 Å². The highest BCUT2D eigenvalue weighted by Gasteiger charge is 2.43. The van der Waals surface area contributed by atoms with E-state index in [0.717, 1.165) is 18.4 Å². The molecule has 8 heteroatoms. The van der Waals surface area contributed by atoms with Crippen LogP contribution in [0.2, 0.25) is 0 Å². The number of halogens is 3. The zero-order valence-corrected chi connectivity index (χ0v) is 16.0. The summed E-state index contributed by atoms with van der Waals surface area (Å²) in [4.78, 5) is 0.123. The fourth-order valence-electron chi connectivity index (χ4n) is 3.42. The average Bonchev–Trinajstić information content (AvgIpc) is 2.83. The van der Waals surface area contributed by atoms with Crippen molar-refractivity contribution in [1.82, 2.24) is 0 Å². The molecule has 0 fully saturated rings. The molecule has 3 rings (SSSR count). The highest BCUT2D eigenvalue weighted by atomic mass is 32.2. The molecule has 0 spiro atoms. The van der Waals surface area contributed by atoms with Crippen LogP contribution in [0.15, 0.2) is 53.4 Å². The van der Waals surface area contributed by atoms with Gasteiger partial charge in [0.25, 0.3) is 0 Å². The van der Waals surface area contributed by atoms with Crippen molar-refractivity contribution >= 4 is 21.0 Å². The fourth-order valence-corrected chi connectivity index (χ4v) is 4.06. The van der Waals surface area contributed by atoms with E-state index < -0.39 is 33.3 Å². The predicted molar refractivity (Wildman–Crippen MR) is 98.8 cm³/mol. The van der Waals surface area contributed by atoms with Crippen LogP contribution in [0, 0.1) is 5.92 Å². The van der Waals surface area contributed by atoms with Crippen LogP contribution in [0.5, 0.6) is 0 Å². The number of hydrogen-bond acceptors (Lipinski definition) is 4. The van der Waals surface area contributed by atoms with E-state index in [1.165, 1.54) is 24.3 Å². The van der Waals surface area contributed by atoms with Crippen LogP contribution in [0.1, 0.15) is 30.0 Å². The van der Waals surface area contributed by atoms with Gasteiger partial charge < -0.3 is 10.2 Å². The first kappa shape index (κ1) is 20.6. The molecular weight excluding hydrogens is 393 g/mol. The molecule has 0 saturated carbocycles. The van der Waals surface area contributed by atoms with E-state index in [1.807, 2.05) is 0 Å². The number of benzene rings is 2. The Labute approximate surface area is 160 Å². The molecule has 2 N–H and O–H groups in total. The van der Waals surface area contributed by atoms with Crippen molar-refractivity contribution in [3.8, 4) is 0 Å². The van der Waals surface area contributed by atoms with Gasteiger partial charge in [0.1, 0.15) is 0 Å². The lowest BCUT2D eigenvalue weighted by molar-refractivity contribution is -0.172. The third kappa shape index (κ3) is 3.85. The SMILES string of the molecule is CC1C(c2ccc(C(F)(F)F)cc2)=C(c2ccc(S(C)(=O)=O)cc2)CC1(O)O. The van der Waals surface area contributed by atoms with E-state index in [9.17, 15) is 31.8 Å². The van der Waals surface area contributed by atoms with Gasteiger partial charge in [-0.25, -0.2) is 8.42 Å². The normalized spacial score (nSPS) is 19.9. The van der Waals surface area contributed by atoms with E-state index in [2.05, 4.69) is 0 Å². The third-order valence-electron chi connectivity index (χ3n) is 5.04. The van der Waals surface area contributed by atoms with Crippen molar-refractivity contribution in [2.45, 2.75) is 30.2 Å². The van der Waals surface area contributed by atoms with Gasteiger partial charge in [0.15, 0.2) is 15.6 Å². The van der Waals surface area contributed by atoms with Gasteiger partial charge in [0.05, 0.1) is 10.5 Å². The summed E-state index contributed by atoms with van der Waals surface area (Å²) in [6.07, 6.45) is -3.50. The van der Waals surface area contributed by atoms with Gasteiger partial charge in [0.2, 0.25) is 0 Å². The Bertz CT molecular complexity index is 1020. The molecule has 1 aliphatic carbocycles. The second-order valence-electron chi connectivity index (χ2n) is 7.04. The van der Waals surface area contributed by atoms with Gasteiger partial charge in [-0.1, -0.05) is 31.2 Å². The second-order valence-corrected chi connectivity index (χ2v) is 9.06. The first-order chi connectivity index (χ1) is 12.8. The van der Waals surface area contributed by atoms with Gasteiger partial charge in [-0.05, 0) is 46.5 Å². The first-order valence-corrected chi connectivity index (χ1v) is 10.4. The summed E-state index contributed by atoms with van der Waals surface area (Å²) in [5.74, 6) is -2.79. The second kappa shape index (κ2) is 6.72. The minimum Gasteiger partial charge on any atom is -0.365 e. The quantitative estimate of drug-likeness (QED) is 0.754. The maximum Gasteiger partial charge on any atom is 0.416 e. The molecule has 0 aromatic heterocycles. The van der Waals surface area contributed by atoms with Crippen LogP contribution in [-0.2, 0) is 16.0 Å².